The Labute approximate surface area is 174 Å². The van der Waals surface area contributed by atoms with Crippen molar-refractivity contribution in [3.63, 3.8) is 0 Å². The predicted octanol–water partition coefficient (Wildman–Crippen LogP) is 1.42. The van der Waals surface area contributed by atoms with Crippen molar-refractivity contribution in [2.45, 2.75) is 13.3 Å². The normalized spacial score (nSPS) is 10.8. The molecule has 31 heavy (non-hydrogen) atoms. The van der Waals surface area contributed by atoms with Gasteiger partial charge in [-0.25, -0.2) is 19.4 Å². The van der Waals surface area contributed by atoms with E-state index < -0.39 is 28.9 Å². The van der Waals surface area contributed by atoms with Gasteiger partial charge in [-0.3, -0.25) is 14.6 Å². The molecule has 0 bridgehead atoms. The summed E-state index contributed by atoms with van der Waals surface area (Å²) in [6.45, 7) is 1.52. The second-order valence-corrected chi connectivity index (χ2v) is 6.45. The van der Waals surface area contributed by atoms with Crippen LogP contribution in [0.2, 0.25) is 0 Å². The molecule has 0 radical (unpaired) electrons. The van der Waals surface area contributed by atoms with Crippen LogP contribution in [-0.2, 0) is 11.2 Å². The van der Waals surface area contributed by atoms with Crippen LogP contribution in [0.25, 0.3) is 0 Å². The highest BCUT2D eigenvalue weighted by Crippen LogP contribution is 2.14. The summed E-state index contributed by atoms with van der Waals surface area (Å²) in [7, 11) is 0. The Bertz CT molecular complexity index is 1240. The van der Waals surface area contributed by atoms with E-state index in [0.29, 0.717) is 11.3 Å². The molecule has 1 amide bonds. The van der Waals surface area contributed by atoms with Gasteiger partial charge in [0.25, 0.3) is 5.56 Å². The molecule has 1 aromatic heterocycles. The van der Waals surface area contributed by atoms with Gasteiger partial charge >= 0.3 is 11.7 Å². The monoisotopic (exact) mass is 424 g/mol. The summed E-state index contributed by atoms with van der Waals surface area (Å²) in [4.78, 5) is 51.4. The van der Waals surface area contributed by atoms with Crippen LogP contribution in [0.3, 0.4) is 0 Å². The number of carbonyl (C=O) groups excluding carboxylic acids is 2. The average Bonchev–Trinajstić information content (AvgIpc) is 2.72. The maximum atomic E-state index is 12.9. The molecule has 3 aromatic rings. The fraction of sp³-hybridized carbons (Fsp3) is 0.0952. The van der Waals surface area contributed by atoms with Gasteiger partial charge in [-0.2, -0.15) is 5.10 Å². The fourth-order valence-electron chi connectivity index (χ4n) is 2.59. The molecule has 0 aliphatic heterocycles. The van der Waals surface area contributed by atoms with E-state index in [1.165, 1.54) is 49.5 Å². The lowest BCUT2D eigenvalue weighted by Gasteiger charge is -2.05. The first-order chi connectivity index (χ1) is 14.8. The molecule has 0 saturated carbocycles. The first-order valence-electron chi connectivity index (χ1n) is 9.03. The smallest absolute Gasteiger partial charge is 0.343 e. The number of hydrogen-bond acceptors (Lipinski definition) is 6. The number of esters is 1. The number of aryl methyl sites for hydroxylation is 1. The summed E-state index contributed by atoms with van der Waals surface area (Å²) in [5.41, 5.74) is 2.28. The van der Waals surface area contributed by atoms with Crippen LogP contribution in [0.5, 0.6) is 5.75 Å². The van der Waals surface area contributed by atoms with Gasteiger partial charge in [-0.05, 0) is 61.0 Å². The SMILES string of the molecule is Cc1[nH]c(=O)[nH]c(=O)c1CC(=O)N/N=C\c1ccc(OC(=O)c2ccc(F)cc2)cc1. The molecule has 2 aromatic carbocycles. The highest BCUT2D eigenvalue weighted by molar-refractivity contribution is 5.91. The quantitative estimate of drug-likeness (QED) is 0.238. The Kier molecular flexibility index (Phi) is 6.51. The number of carbonyl (C=O) groups is 2. The lowest BCUT2D eigenvalue weighted by molar-refractivity contribution is -0.120. The second kappa shape index (κ2) is 9.44. The largest absolute Gasteiger partial charge is 0.423 e. The summed E-state index contributed by atoms with van der Waals surface area (Å²) in [6.07, 6.45) is 1.11. The van der Waals surface area contributed by atoms with Crippen LogP contribution in [-0.4, -0.2) is 28.1 Å². The van der Waals surface area contributed by atoms with Crippen LogP contribution < -0.4 is 21.4 Å². The zero-order chi connectivity index (χ0) is 22.4. The third-order valence-electron chi connectivity index (χ3n) is 4.17. The van der Waals surface area contributed by atoms with Crippen molar-refractivity contribution in [3.05, 3.63) is 97.6 Å². The molecule has 0 aliphatic rings. The maximum absolute atomic E-state index is 12.9. The lowest BCUT2D eigenvalue weighted by Crippen LogP contribution is -2.30. The number of hydrogen-bond donors (Lipinski definition) is 3. The van der Waals surface area contributed by atoms with E-state index in [-0.39, 0.29) is 23.3 Å². The number of aromatic amines is 2. The number of benzene rings is 2. The number of amides is 1. The lowest BCUT2D eigenvalue weighted by atomic mass is 10.1. The van der Waals surface area contributed by atoms with Gasteiger partial charge < -0.3 is 9.72 Å². The molecular weight excluding hydrogens is 407 g/mol. The van der Waals surface area contributed by atoms with Crippen molar-refractivity contribution in [2.75, 3.05) is 0 Å². The van der Waals surface area contributed by atoms with E-state index in [2.05, 4.69) is 20.5 Å². The second-order valence-electron chi connectivity index (χ2n) is 6.45. The molecule has 0 unspecified atom stereocenters. The van der Waals surface area contributed by atoms with Crippen LogP contribution in [0.4, 0.5) is 4.39 Å². The Morgan fingerprint density at radius 2 is 1.74 bits per heavy atom. The number of nitrogens with one attached hydrogen (secondary N) is 3. The third-order valence-corrected chi connectivity index (χ3v) is 4.17. The average molecular weight is 424 g/mol. The minimum absolute atomic E-state index is 0.139. The number of ether oxygens (including phenoxy) is 1. The molecule has 158 valence electrons. The maximum Gasteiger partial charge on any atom is 0.343 e. The summed E-state index contributed by atoms with van der Waals surface area (Å²) < 4.78 is 18.1. The van der Waals surface area contributed by atoms with Gasteiger partial charge in [0.05, 0.1) is 18.2 Å². The van der Waals surface area contributed by atoms with Crippen LogP contribution in [0, 0.1) is 12.7 Å². The van der Waals surface area contributed by atoms with Crippen LogP contribution >= 0.6 is 0 Å². The van der Waals surface area contributed by atoms with E-state index in [9.17, 15) is 23.6 Å². The Balaban J connectivity index is 1.55. The molecular formula is C21H17FN4O5. The summed E-state index contributed by atoms with van der Waals surface area (Å²) in [5, 5.41) is 3.81. The number of rotatable bonds is 6. The topological polar surface area (TPSA) is 133 Å². The number of nitrogens with zero attached hydrogens (tertiary/aromatic N) is 1. The summed E-state index contributed by atoms with van der Waals surface area (Å²) in [5.74, 6) is -1.33. The van der Waals surface area contributed by atoms with E-state index in [1.807, 2.05) is 0 Å². The zero-order valence-corrected chi connectivity index (χ0v) is 16.3. The van der Waals surface area contributed by atoms with Crippen molar-refractivity contribution >= 4 is 18.1 Å². The summed E-state index contributed by atoms with van der Waals surface area (Å²) >= 11 is 0. The zero-order valence-electron chi connectivity index (χ0n) is 16.3. The van der Waals surface area contributed by atoms with E-state index in [0.717, 1.165) is 0 Å². The van der Waals surface area contributed by atoms with Crippen molar-refractivity contribution in [1.29, 1.82) is 0 Å². The molecule has 0 aliphatic carbocycles. The van der Waals surface area contributed by atoms with Gasteiger partial charge in [-0.1, -0.05) is 0 Å². The molecule has 10 heteroatoms. The van der Waals surface area contributed by atoms with Crippen molar-refractivity contribution in [1.82, 2.24) is 15.4 Å². The number of aromatic nitrogens is 2. The molecule has 3 rings (SSSR count). The van der Waals surface area contributed by atoms with E-state index >= 15 is 0 Å². The first kappa shape index (κ1) is 21.4. The molecule has 0 atom stereocenters. The number of halogens is 1. The minimum atomic E-state index is -0.642. The molecule has 0 spiro atoms. The predicted molar refractivity (Wildman–Crippen MR) is 110 cm³/mol. The summed E-state index contributed by atoms with van der Waals surface area (Å²) in [6, 6.07) is 11.3. The fourth-order valence-corrected chi connectivity index (χ4v) is 2.59. The van der Waals surface area contributed by atoms with Crippen molar-refractivity contribution in [3.8, 4) is 5.75 Å². The molecule has 0 fully saturated rings. The van der Waals surface area contributed by atoms with Gasteiger partial charge in [0, 0.05) is 11.3 Å². The van der Waals surface area contributed by atoms with Crippen molar-refractivity contribution < 1.29 is 18.7 Å². The standard InChI is InChI=1S/C21H17FN4O5/c1-12-17(19(28)25-21(30)24-12)10-18(27)26-23-11-13-2-8-16(9-3-13)31-20(29)14-4-6-15(22)7-5-14/h2-9,11H,10H2,1H3,(H,26,27)(H2,24,25,28,30)/b23-11-. The Morgan fingerprint density at radius 1 is 1.06 bits per heavy atom. The van der Waals surface area contributed by atoms with Crippen LogP contribution in [0.15, 0.2) is 63.2 Å². The molecule has 1 heterocycles. The molecule has 0 saturated heterocycles. The minimum Gasteiger partial charge on any atom is -0.423 e. The van der Waals surface area contributed by atoms with E-state index in [1.54, 1.807) is 12.1 Å². The third kappa shape index (κ3) is 5.82. The highest BCUT2D eigenvalue weighted by atomic mass is 19.1. The Hall–Kier alpha value is -4.34. The van der Waals surface area contributed by atoms with E-state index in [4.69, 9.17) is 4.74 Å². The first-order valence-corrected chi connectivity index (χ1v) is 9.03. The number of H-pyrrole nitrogens is 2. The highest BCUT2D eigenvalue weighted by Gasteiger charge is 2.11. The van der Waals surface area contributed by atoms with Crippen LogP contribution in [0.1, 0.15) is 27.2 Å². The van der Waals surface area contributed by atoms with Gasteiger partial charge in [-0.15, -0.1) is 0 Å². The molecule has 3 N–H and O–H groups in total. The Morgan fingerprint density at radius 3 is 2.39 bits per heavy atom. The molecule has 9 nitrogen and oxygen atoms in total. The van der Waals surface area contributed by atoms with Crippen molar-refractivity contribution in [2.24, 2.45) is 5.10 Å². The van der Waals surface area contributed by atoms with Gasteiger partial charge in [0.1, 0.15) is 11.6 Å². The number of hydrazone groups is 1. The van der Waals surface area contributed by atoms with Gasteiger partial charge in [0.2, 0.25) is 5.91 Å². The van der Waals surface area contributed by atoms with Gasteiger partial charge in [0.15, 0.2) is 0 Å².